The molecule has 0 aliphatic heterocycles. The molecule has 0 bridgehead atoms. The van der Waals surface area contributed by atoms with E-state index in [-0.39, 0.29) is 17.8 Å². The summed E-state index contributed by atoms with van der Waals surface area (Å²) in [6.07, 6.45) is 0. The Morgan fingerprint density at radius 2 is 1.88 bits per heavy atom. The lowest BCUT2D eigenvalue weighted by molar-refractivity contribution is 0.619. The second-order valence-electron chi connectivity index (χ2n) is 5.95. The van der Waals surface area contributed by atoms with Gasteiger partial charge in [-0.1, -0.05) is 49.3 Å². The maximum Gasteiger partial charge on any atom is 0.333 e. The van der Waals surface area contributed by atoms with Gasteiger partial charge in [-0.05, 0) is 24.6 Å². The molecule has 0 aliphatic rings. The Morgan fingerprint density at radius 1 is 1.20 bits per heavy atom. The lowest BCUT2D eigenvalue weighted by atomic mass is 10.2. The van der Waals surface area contributed by atoms with E-state index < -0.39 is 0 Å². The summed E-state index contributed by atoms with van der Waals surface area (Å²) >= 11 is 7.42. The molecular weight excluding hydrogens is 360 g/mol. The Kier molecular flexibility index (Phi) is 5.06. The van der Waals surface area contributed by atoms with Crippen LogP contribution in [0.1, 0.15) is 26.3 Å². The van der Waals surface area contributed by atoms with E-state index in [1.807, 2.05) is 32.9 Å². The zero-order valence-electron chi connectivity index (χ0n) is 14.2. The average molecular weight is 379 g/mol. The van der Waals surface area contributed by atoms with E-state index >= 15 is 0 Å². The van der Waals surface area contributed by atoms with E-state index in [0.29, 0.717) is 33.1 Å². The number of nitrogens with zero attached hydrogens (tertiary/aromatic N) is 3. The van der Waals surface area contributed by atoms with Crippen molar-refractivity contribution in [1.82, 2.24) is 19.1 Å². The first-order valence-electron chi connectivity index (χ1n) is 8.05. The van der Waals surface area contributed by atoms with Crippen LogP contribution in [0.5, 0.6) is 0 Å². The number of aromatic nitrogens is 4. The maximum absolute atomic E-state index is 12.8. The van der Waals surface area contributed by atoms with E-state index in [2.05, 4.69) is 9.97 Å². The number of thioether (sulfide) groups is 1. The number of hydrogen-bond acceptors (Lipinski definition) is 4. The quantitative estimate of drug-likeness (QED) is 0.692. The SMILES string of the molecule is CCn1c(=O)n(Cc2ccc(Cl)cc2)c(=O)c2[nH]c(SC(C)C)nc21. The molecule has 0 unspecified atom stereocenters. The van der Waals surface area contributed by atoms with Gasteiger partial charge in [-0.25, -0.2) is 9.78 Å². The predicted octanol–water partition coefficient (Wildman–Crippen LogP) is 3.11. The summed E-state index contributed by atoms with van der Waals surface area (Å²) in [4.78, 5) is 33.1. The van der Waals surface area contributed by atoms with Crippen LogP contribution in [0.2, 0.25) is 5.02 Å². The molecule has 1 aromatic carbocycles. The molecule has 6 nitrogen and oxygen atoms in total. The minimum absolute atomic E-state index is 0.191. The van der Waals surface area contributed by atoms with Gasteiger partial charge in [-0.3, -0.25) is 13.9 Å². The number of benzene rings is 1. The third-order valence-electron chi connectivity index (χ3n) is 3.76. The van der Waals surface area contributed by atoms with Crippen LogP contribution in [-0.2, 0) is 13.1 Å². The molecule has 0 amide bonds. The topological polar surface area (TPSA) is 72.7 Å². The van der Waals surface area contributed by atoms with Crippen molar-refractivity contribution in [3.63, 3.8) is 0 Å². The zero-order chi connectivity index (χ0) is 18.1. The number of hydrogen-bond donors (Lipinski definition) is 1. The molecular formula is C17H19ClN4O2S. The average Bonchev–Trinajstić information content (AvgIpc) is 2.96. The van der Waals surface area contributed by atoms with Gasteiger partial charge in [0.05, 0.1) is 6.54 Å². The molecule has 0 spiro atoms. The predicted molar refractivity (Wildman–Crippen MR) is 102 cm³/mol. The Labute approximate surface area is 153 Å². The number of halogens is 1. The summed E-state index contributed by atoms with van der Waals surface area (Å²) in [5, 5.41) is 1.58. The number of aryl methyl sites for hydroxylation is 1. The van der Waals surface area contributed by atoms with Crippen LogP contribution < -0.4 is 11.2 Å². The molecule has 8 heteroatoms. The van der Waals surface area contributed by atoms with Crippen molar-refractivity contribution in [2.45, 2.75) is 44.3 Å². The summed E-state index contributed by atoms with van der Waals surface area (Å²) in [5.74, 6) is 0. The van der Waals surface area contributed by atoms with Gasteiger partial charge >= 0.3 is 5.69 Å². The molecule has 25 heavy (non-hydrogen) atoms. The molecule has 0 atom stereocenters. The van der Waals surface area contributed by atoms with Gasteiger partial charge in [-0.15, -0.1) is 0 Å². The van der Waals surface area contributed by atoms with Crippen LogP contribution in [0.15, 0.2) is 39.0 Å². The van der Waals surface area contributed by atoms with Gasteiger partial charge in [0.25, 0.3) is 5.56 Å². The second kappa shape index (κ2) is 7.09. The molecule has 1 N–H and O–H groups in total. The number of imidazole rings is 1. The van der Waals surface area contributed by atoms with E-state index in [0.717, 1.165) is 5.56 Å². The summed E-state index contributed by atoms with van der Waals surface area (Å²) in [7, 11) is 0. The van der Waals surface area contributed by atoms with Crippen molar-refractivity contribution in [2.75, 3.05) is 0 Å². The molecule has 3 rings (SSSR count). The van der Waals surface area contributed by atoms with Gasteiger partial charge in [-0.2, -0.15) is 0 Å². The van der Waals surface area contributed by atoms with Crippen LogP contribution in [0.4, 0.5) is 0 Å². The second-order valence-corrected chi connectivity index (χ2v) is 7.95. The molecule has 0 fully saturated rings. The van der Waals surface area contributed by atoms with Crippen LogP contribution in [0, 0.1) is 0 Å². The normalized spacial score (nSPS) is 11.6. The van der Waals surface area contributed by atoms with Gasteiger partial charge < -0.3 is 4.98 Å². The highest BCUT2D eigenvalue weighted by Crippen LogP contribution is 2.21. The Morgan fingerprint density at radius 3 is 2.48 bits per heavy atom. The van der Waals surface area contributed by atoms with E-state index in [9.17, 15) is 9.59 Å². The van der Waals surface area contributed by atoms with Gasteiger partial charge in [0.2, 0.25) is 0 Å². The molecule has 0 saturated heterocycles. The van der Waals surface area contributed by atoms with Crippen LogP contribution >= 0.6 is 23.4 Å². The zero-order valence-corrected chi connectivity index (χ0v) is 15.8. The van der Waals surface area contributed by atoms with Crippen molar-refractivity contribution in [2.24, 2.45) is 0 Å². The lowest BCUT2D eigenvalue weighted by Gasteiger charge is -2.09. The van der Waals surface area contributed by atoms with Gasteiger partial charge in [0.1, 0.15) is 0 Å². The Bertz CT molecular complexity index is 1020. The first-order valence-corrected chi connectivity index (χ1v) is 9.31. The largest absolute Gasteiger partial charge is 0.333 e. The van der Waals surface area contributed by atoms with E-state index in [1.165, 1.54) is 20.9 Å². The van der Waals surface area contributed by atoms with Gasteiger partial charge in [0.15, 0.2) is 16.3 Å². The lowest BCUT2D eigenvalue weighted by Crippen LogP contribution is -2.40. The summed E-state index contributed by atoms with van der Waals surface area (Å²) in [5.41, 5.74) is 0.888. The molecule has 3 aromatic rings. The van der Waals surface area contributed by atoms with Crippen LogP contribution in [-0.4, -0.2) is 24.4 Å². The van der Waals surface area contributed by atoms with E-state index in [1.54, 1.807) is 12.1 Å². The van der Waals surface area contributed by atoms with Crippen LogP contribution in [0.25, 0.3) is 11.2 Å². The fourth-order valence-corrected chi connectivity index (χ4v) is 3.49. The first-order chi connectivity index (χ1) is 11.9. The molecule has 2 heterocycles. The van der Waals surface area contributed by atoms with Gasteiger partial charge in [0, 0.05) is 16.8 Å². The van der Waals surface area contributed by atoms with Crippen molar-refractivity contribution in [1.29, 1.82) is 0 Å². The maximum atomic E-state index is 12.8. The summed E-state index contributed by atoms with van der Waals surface area (Å²) in [6, 6.07) is 7.10. The molecule has 132 valence electrons. The molecule has 0 radical (unpaired) electrons. The van der Waals surface area contributed by atoms with Crippen molar-refractivity contribution in [3.05, 3.63) is 55.7 Å². The Balaban J connectivity index is 2.16. The van der Waals surface area contributed by atoms with E-state index in [4.69, 9.17) is 11.6 Å². The highest BCUT2D eigenvalue weighted by Gasteiger charge is 2.17. The third kappa shape index (κ3) is 3.52. The van der Waals surface area contributed by atoms with Crippen molar-refractivity contribution >= 4 is 34.5 Å². The fraction of sp³-hybridized carbons (Fsp3) is 0.353. The molecule has 0 aliphatic carbocycles. The molecule has 2 aromatic heterocycles. The first kappa shape index (κ1) is 17.8. The summed E-state index contributed by atoms with van der Waals surface area (Å²) in [6.45, 7) is 6.58. The number of aromatic amines is 1. The van der Waals surface area contributed by atoms with Crippen molar-refractivity contribution in [3.8, 4) is 0 Å². The minimum atomic E-state index is -0.359. The highest BCUT2D eigenvalue weighted by atomic mass is 35.5. The smallest absolute Gasteiger partial charge is 0.327 e. The highest BCUT2D eigenvalue weighted by molar-refractivity contribution is 7.99. The van der Waals surface area contributed by atoms with Crippen LogP contribution in [0.3, 0.4) is 0 Å². The number of H-pyrrole nitrogens is 1. The fourth-order valence-electron chi connectivity index (χ4n) is 2.62. The number of nitrogens with one attached hydrogen (secondary N) is 1. The van der Waals surface area contributed by atoms with Crippen molar-refractivity contribution < 1.29 is 0 Å². The summed E-state index contributed by atoms with van der Waals surface area (Å²) < 4.78 is 2.75. The number of rotatable bonds is 5. The molecule has 0 saturated carbocycles. The minimum Gasteiger partial charge on any atom is -0.327 e. The third-order valence-corrected chi connectivity index (χ3v) is 4.90. The monoisotopic (exact) mass is 378 g/mol. The number of fused-ring (bicyclic) bond motifs is 1. The standard InChI is InChI=1S/C17H19ClN4O2S/c1-4-21-14-13(19-16(20-14)25-10(2)3)15(23)22(17(21)24)9-11-5-7-12(18)8-6-11/h5-8,10H,4,9H2,1-3H3,(H,19,20). The Hall–Kier alpha value is -1.99.